The van der Waals surface area contributed by atoms with E-state index >= 15 is 0 Å². The first-order valence-corrected chi connectivity index (χ1v) is 7.07. The molecule has 4 nitrogen and oxygen atoms in total. The van der Waals surface area contributed by atoms with Crippen LogP contribution in [0.1, 0.15) is 19.5 Å². The second-order valence-corrected chi connectivity index (χ2v) is 5.46. The standard InChI is InChI=1S/C14H25ClN4/c1-6-19(11(2)9-18(4)5)10-13-12(15)7-8-14(16-3)17-13/h7-8,11H,6,9-10H2,1-5H3,(H,16,17). The molecule has 0 aromatic carbocycles. The van der Waals surface area contributed by atoms with Crippen LogP contribution in [0.25, 0.3) is 0 Å². The first-order chi connectivity index (χ1) is 8.97. The molecule has 5 heteroatoms. The highest BCUT2D eigenvalue weighted by Gasteiger charge is 2.15. The van der Waals surface area contributed by atoms with Crippen LogP contribution in [0.4, 0.5) is 5.82 Å². The molecule has 0 radical (unpaired) electrons. The van der Waals surface area contributed by atoms with E-state index in [-0.39, 0.29) is 0 Å². The number of rotatable bonds is 7. The third-order valence-corrected chi connectivity index (χ3v) is 3.53. The lowest BCUT2D eigenvalue weighted by Gasteiger charge is -2.29. The summed E-state index contributed by atoms with van der Waals surface area (Å²) in [5.74, 6) is 0.857. The van der Waals surface area contributed by atoms with Crippen molar-refractivity contribution in [3.05, 3.63) is 22.8 Å². The molecule has 0 aliphatic heterocycles. The van der Waals surface area contributed by atoms with Crippen LogP contribution in [0.5, 0.6) is 0 Å². The molecule has 1 N–H and O–H groups in total. The largest absolute Gasteiger partial charge is 0.373 e. The minimum atomic E-state index is 0.469. The van der Waals surface area contributed by atoms with E-state index in [1.54, 1.807) is 0 Å². The normalized spacial score (nSPS) is 13.1. The highest BCUT2D eigenvalue weighted by atomic mass is 35.5. The molecule has 0 spiro atoms. The SMILES string of the molecule is CCN(Cc1nc(NC)ccc1Cl)C(C)CN(C)C. The van der Waals surface area contributed by atoms with Gasteiger partial charge in [-0.1, -0.05) is 18.5 Å². The van der Waals surface area contributed by atoms with Gasteiger partial charge >= 0.3 is 0 Å². The summed E-state index contributed by atoms with van der Waals surface area (Å²) in [6.45, 7) is 7.19. The Morgan fingerprint density at radius 3 is 2.58 bits per heavy atom. The molecule has 0 aliphatic rings. The van der Waals surface area contributed by atoms with Crippen LogP contribution in [0.2, 0.25) is 5.02 Å². The zero-order chi connectivity index (χ0) is 14.4. The summed E-state index contributed by atoms with van der Waals surface area (Å²) in [6.07, 6.45) is 0. The number of likely N-dealkylation sites (N-methyl/N-ethyl adjacent to an activating group) is 2. The van der Waals surface area contributed by atoms with Gasteiger partial charge in [0, 0.05) is 26.2 Å². The Morgan fingerprint density at radius 1 is 1.37 bits per heavy atom. The summed E-state index contributed by atoms with van der Waals surface area (Å²) in [4.78, 5) is 9.13. The molecule has 0 aliphatic carbocycles. The Hall–Kier alpha value is -0.840. The van der Waals surface area contributed by atoms with Crippen LogP contribution in [-0.2, 0) is 6.54 Å². The Morgan fingerprint density at radius 2 is 2.05 bits per heavy atom. The summed E-state index contributed by atoms with van der Waals surface area (Å²) in [5, 5.41) is 3.78. The van der Waals surface area contributed by atoms with E-state index in [0.717, 1.165) is 36.2 Å². The highest BCUT2D eigenvalue weighted by Crippen LogP contribution is 2.19. The van der Waals surface area contributed by atoms with Crippen LogP contribution in [0.15, 0.2) is 12.1 Å². The Balaban J connectivity index is 2.80. The van der Waals surface area contributed by atoms with Crippen molar-refractivity contribution in [1.82, 2.24) is 14.8 Å². The molecule has 0 saturated heterocycles. The summed E-state index contributed by atoms with van der Waals surface area (Å²) in [7, 11) is 6.06. The molecule has 1 heterocycles. The fourth-order valence-corrected chi connectivity index (χ4v) is 2.32. The Bertz CT molecular complexity index is 395. The lowest BCUT2D eigenvalue weighted by atomic mass is 10.2. The van der Waals surface area contributed by atoms with Crippen molar-refractivity contribution in [2.24, 2.45) is 0 Å². The first-order valence-electron chi connectivity index (χ1n) is 6.69. The van der Waals surface area contributed by atoms with E-state index in [9.17, 15) is 0 Å². The van der Waals surface area contributed by atoms with E-state index in [4.69, 9.17) is 11.6 Å². The number of nitrogens with one attached hydrogen (secondary N) is 1. The molecule has 0 fully saturated rings. The van der Waals surface area contributed by atoms with Crippen molar-refractivity contribution in [1.29, 1.82) is 0 Å². The van der Waals surface area contributed by atoms with Gasteiger partial charge in [-0.25, -0.2) is 4.98 Å². The van der Waals surface area contributed by atoms with Crippen molar-refractivity contribution in [2.45, 2.75) is 26.4 Å². The number of pyridine rings is 1. The first kappa shape index (κ1) is 16.2. The number of anilines is 1. The van der Waals surface area contributed by atoms with Gasteiger partial charge in [-0.15, -0.1) is 0 Å². The van der Waals surface area contributed by atoms with Crippen LogP contribution >= 0.6 is 11.6 Å². The lowest BCUT2D eigenvalue weighted by Crippen LogP contribution is -2.39. The number of hydrogen-bond acceptors (Lipinski definition) is 4. The van der Waals surface area contributed by atoms with Gasteiger partial charge in [0.2, 0.25) is 0 Å². The molecular weight excluding hydrogens is 260 g/mol. The van der Waals surface area contributed by atoms with Crippen molar-refractivity contribution in [2.75, 3.05) is 39.5 Å². The Kier molecular flexibility index (Phi) is 6.55. The van der Waals surface area contributed by atoms with E-state index in [2.05, 4.69) is 48.0 Å². The molecule has 1 aromatic rings. The quantitative estimate of drug-likeness (QED) is 0.834. The number of hydrogen-bond donors (Lipinski definition) is 1. The van der Waals surface area contributed by atoms with Gasteiger partial charge in [-0.2, -0.15) is 0 Å². The summed E-state index contributed by atoms with van der Waals surface area (Å²) >= 11 is 6.24. The van der Waals surface area contributed by atoms with Crippen LogP contribution in [0.3, 0.4) is 0 Å². The maximum Gasteiger partial charge on any atom is 0.126 e. The van der Waals surface area contributed by atoms with Crippen LogP contribution in [-0.4, -0.2) is 55.1 Å². The lowest BCUT2D eigenvalue weighted by molar-refractivity contribution is 0.172. The molecule has 0 saturated carbocycles. The molecule has 1 aromatic heterocycles. The fourth-order valence-electron chi connectivity index (χ4n) is 2.15. The summed E-state index contributed by atoms with van der Waals surface area (Å²) < 4.78 is 0. The summed E-state index contributed by atoms with van der Waals surface area (Å²) in [6, 6.07) is 4.27. The van der Waals surface area contributed by atoms with Crippen LogP contribution in [0, 0.1) is 0 Å². The molecule has 0 amide bonds. The maximum atomic E-state index is 6.24. The predicted molar refractivity (Wildman–Crippen MR) is 82.9 cm³/mol. The van der Waals surface area contributed by atoms with Gasteiger partial charge in [0.25, 0.3) is 0 Å². The molecule has 1 atom stereocenters. The third-order valence-electron chi connectivity index (χ3n) is 3.19. The fraction of sp³-hybridized carbons (Fsp3) is 0.643. The van der Waals surface area contributed by atoms with Gasteiger partial charge < -0.3 is 10.2 Å². The minimum absolute atomic E-state index is 0.469. The topological polar surface area (TPSA) is 31.4 Å². The third kappa shape index (κ3) is 4.97. The van der Waals surface area contributed by atoms with E-state index in [1.165, 1.54) is 0 Å². The van der Waals surface area contributed by atoms with Crippen LogP contribution < -0.4 is 5.32 Å². The van der Waals surface area contributed by atoms with Crippen molar-refractivity contribution in [3.8, 4) is 0 Å². The molecule has 19 heavy (non-hydrogen) atoms. The van der Waals surface area contributed by atoms with Crippen molar-refractivity contribution < 1.29 is 0 Å². The smallest absolute Gasteiger partial charge is 0.126 e. The zero-order valence-corrected chi connectivity index (χ0v) is 13.3. The molecular formula is C14H25ClN4. The van der Waals surface area contributed by atoms with Crippen molar-refractivity contribution in [3.63, 3.8) is 0 Å². The second-order valence-electron chi connectivity index (χ2n) is 5.05. The summed E-state index contributed by atoms with van der Waals surface area (Å²) in [5.41, 5.74) is 0.931. The molecule has 0 bridgehead atoms. The minimum Gasteiger partial charge on any atom is -0.373 e. The second kappa shape index (κ2) is 7.68. The number of nitrogens with zero attached hydrogens (tertiary/aromatic N) is 3. The monoisotopic (exact) mass is 284 g/mol. The predicted octanol–water partition coefficient (Wildman–Crippen LogP) is 2.55. The van der Waals surface area contributed by atoms with Gasteiger partial charge in [0.1, 0.15) is 5.82 Å². The Labute approximate surface area is 121 Å². The number of aromatic nitrogens is 1. The molecule has 108 valence electrons. The average molecular weight is 285 g/mol. The average Bonchev–Trinajstić information content (AvgIpc) is 2.36. The van der Waals surface area contributed by atoms with Gasteiger partial charge in [0.05, 0.1) is 10.7 Å². The van der Waals surface area contributed by atoms with Crippen molar-refractivity contribution >= 4 is 17.4 Å². The maximum absolute atomic E-state index is 6.24. The molecule has 1 rings (SSSR count). The van der Waals surface area contributed by atoms with E-state index in [1.807, 2.05) is 19.2 Å². The van der Waals surface area contributed by atoms with E-state index < -0.39 is 0 Å². The highest BCUT2D eigenvalue weighted by molar-refractivity contribution is 6.31. The molecule has 1 unspecified atom stereocenters. The van der Waals surface area contributed by atoms with Gasteiger partial charge in [0.15, 0.2) is 0 Å². The van der Waals surface area contributed by atoms with Gasteiger partial charge in [-0.3, -0.25) is 4.90 Å². The van der Waals surface area contributed by atoms with Gasteiger partial charge in [-0.05, 0) is 39.7 Å². The number of halogens is 1. The van der Waals surface area contributed by atoms with E-state index in [0.29, 0.717) is 6.04 Å². The zero-order valence-electron chi connectivity index (χ0n) is 12.6.